The minimum absolute atomic E-state index is 0.158. The van der Waals surface area contributed by atoms with E-state index in [2.05, 4.69) is 4.98 Å². The Bertz CT molecular complexity index is 597. The zero-order valence-corrected chi connectivity index (χ0v) is 10.2. The van der Waals surface area contributed by atoms with Gasteiger partial charge in [-0.25, -0.2) is 4.98 Å². The van der Waals surface area contributed by atoms with Crippen molar-refractivity contribution in [2.75, 3.05) is 0 Å². The third kappa shape index (κ3) is 3.34. The SMILES string of the molecule is O=C(c1ccccc1COc1ccccn1)C(F)(F)F. The van der Waals surface area contributed by atoms with Gasteiger partial charge in [-0.15, -0.1) is 0 Å². The molecule has 0 saturated heterocycles. The van der Waals surface area contributed by atoms with Crippen molar-refractivity contribution >= 4 is 5.78 Å². The third-order valence-corrected chi connectivity index (χ3v) is 2.53. The zero-order valence-electron chi connectivity index (χ0n) is 10.2. The monoisotopic (exact) mass is 281 g/mol. The zero-order chi connectivity index (χ0) is 14.6. The molecule has 0 bridgehead atoms. The number of carbonyl (C=O) groups is 1. The molecule has 3 nitrogen and oxygen atoms in total. The maximum Gasteiger partial charge on any atom is 0.454 e. The summed E-state index contributed by atoms with van der Waals surface area (Å²) in [6, 6.07) is 10.4. The van der Waals surface area contributed by atoms with E-state index in [1.165, 1.54) is 18.3 Å². The topological polar surface area (TPSA) is 39.2 Å². The molecule has 0 saturated carbocycles. The molecule has 2 rings (SSSR count). The number of Topliss-reactive ketones (excluding diaryl/α,β-unsaturated/α-hetero) is 1. The highest BCUT2D eigenvalue weighted by Gasteiger charge is 2.40. The first kappa shape index (κ1) is 14.0. The number of hydrogen-bond donors (Lipinski definition) is 0. The molecule has 0 aliphatic heterocycles. The molecule has 20 heavy (non-hydrogen) atoms. The Hall–Kier alpha value is -2.37. The van der Waals surface area contributed by atoms with Crippen LogP contribution in [-0.4, -0.2) is 16.9 Å². The number of ether oxygens (including phenoxy) is 1. The summed E-state index contributed by atoms with van der Waals surface area (Å²) in [6.45, 7) is -0.158. The third-order valence-electron chi connectivity index (χ3n) is 2.53. The Balaban J connectivity index is 2.19. The lowest BCUT2D eigenvalue weighted by atomic mass is 10.0. The van der Waals surface area contributed by atoms with Crippen LogP contribution in [0.5, 0.6) is 5.88 Å². The molecule has 6 heteroatoms. The van der Waals surface area contributed by atoms with Gasteiger partial charge in [0.1, 0.15) is 6.61 Å². The Kier molecular flexibility index (Phi) is 4.02. The van der Waals surface area contributed by atoms with E-state index in [0.29, 0.717) is 0 Å². The van der Waals surface area contributed by atoms with Gasteiger partial charge in [0, 0.05) is 23.4 Å². The van der Waals surface area contributed by atoms with Crippen molar-refractivity contribution in [3.05, 3.63) is 59.8 Å². The molecule has 1 heterocycles. The average molecular weight is 281 g/mol. The number of carbonyl (C=O) groups excluding carboxylic acids is 1. The number of alkyl halides is 3. The fraction of sp³-hybridized carbons (Fsp3) is 0.143. The minimum Gasteiger partial charge on any atom is -0.473 e. The quantitative estimate of drug-likeness (QED) is 0.806. The number of nitrogens with zero attached hydrogens (tertiary/aromatic N) is 1. The molecule has 0 fully saturated rings. The highest BCUT2D eigenvalue weighted by atomic mass is 19.4. The fourth-order valence-electron chi connectivity index (χ4n) is 1.60. The van der Waals surface area contributed by atoms with E-state index in [9.17, 15) is 18.0 Å². The van der Waals surface area contributed by atoms with E-state index < -0.39 is 17.5 Å². The molecule has 2 aromatic rings. The van der Waals surface area contributed by atoms with Gasteiger partial charge in [0.2, 0.25) is 5.88 Å². The Morgan fingerprint density at radius 1 is 1.10 bits per heavy atom. The van der Waals surface area contributed by atoms with Gasteiger partial charge in [0.25, 0.3) is 5.78 Å². The lowest BCUT2D eigenvalue weighted by molar-refractivity contribution is -0.0886. The Labute approximate surface area is 113 Å². The van der Waals surface area contributed by atoms with Gasteiger partial charge in [-0.2, -0.15) is 13.2 Å². The lowest BCUT2D eigenvalue weighted by Crippen LogP contribution is -2.24. The van der Waals surface area contributed by atoms with Crippen molar-refractivity contribution in [2.45, 2.75) is 12.8 Å². The van der Waals surface area contributed by atoms with Gasteiger partial charge in [0.15, 0.2) is 0 Å². The highest BCUT2D eigenvalue weighted by Crippen LogP contribution is 2.24. The molecule has 0 radical (unpaired) electrons. The number of aromatic nitrogens is 1. The van der Waals surface area contributed by atoms with Crippen molar-refractivity contribution in [1.29, 1.82) is 0 Å². The van der Waals surface area contributed by atoms with E-state index in [0.717, 1.165) is 6.07 Å². The first-order chi connectivity index (χ1) is 9.48. The molecule has 0 unspecified atom stereocenters. The molecule has 0 N–H and O–H groups in total. The van der Waals surface area contributed by atoms with E-state index in [4.69, 9.17) is 4.74 Å². The van der Waals surface area contributed by atoms with E-state index >= 15 is 0 Å². The van der Waals surface area contributed by atoms with E-state index in [1.807, 2.05) is 0 Å². The molecule has 1 aromatic heterocycles. The van der Waals surface area contributed by atoms with Crippen LogP contribution in [0.1, 0.15) is 15.9 Å². The molecule has 0 spiro atoms. The lowest BCUT2D eigenvalue weighted by Gasteiger charge is -2.11. The molecule has 1 aromatic carbocycles. The molecular weight excluding hydrogens is 271 g/mol. The standard InChI is InChI=1S/C14H10F3NO2/c15-14(16,17)13(19)11-6-2-1-5-10(11)9-20-12-7-3-4-8-18-12/h1-8H,9H2. The van der Waals surface area contributed by atoms with Crippen LogP contribution in [0.15, 0.2) is 48.7 Å². The summed E-state index contributed by atoms with van der Waals surface area (Å²) in [5.41, 5.74) is -0.239. The molecule has 0 amide bonds. The van der Waals surface area contributed by atoms with Crippen LogP contribution in [0.2, 0.25) is 0 Å². The summed E-state index contributed by atoms with van der Waals surface area (Å²) in [5, 5.41) is 0. The second-order valence-electron chi connectivity index (χ2n) is 3.94. The number of ketones is 1. The number of halogens is 3. The van der Waals surface area contributed by atoms with Crippen LogP contribution in [0.4, 0.5) is 13.2 Å². The summed E-state index contributed by atoms with van der Waals surface area (Å²) < 4.78 is 42.7. The largest absolute Gasteiger partial charge is 0.473 e. The minimum atomic E-state index is -4.90. The van der Waals surface area contributed by atoms with Crippen molar-refractivity contribution in [3.8, 4) is 5.88 Å². The maximum absolute atomic E-state index is 12.5. The average Bonchev–Trinajstić information content (AvgIpc) is 2.45. The van der Waals surface area contributed by atoms with Gasteiger partial charge >= 0.3 is 6.18 Å². The van der Waals surface area contributed by atoms with Crippen molar-refractivity contribution < 1.29 is 22.7 Å². The predicted octanol–water partition coefficient (Wildman–Crippen LogP) is 3.41. The summed E-state index contributed by atoms with van der Waals surface area (Å²) >= 11 is 0. The Morgan fingerprint density at radius 3 is 2.45 bits per heavy atom. The molecule has 0 aliphatic carbocycles. The smallest absolute Gasteiger partial charge is 0.454 e. The number of rotatable bonds is 4. The van der Waals surface area contributed by atoms with Crippen LogP contribution in [-0.2, 0) is 6.61 Å². The van der Waals surface area contributed by atoms with Crippen LogP contribution in [0.25, 0.3) is 0 Å². The maximum atomic E-state index is 12.5. The molecule has 0 atom stereocenters. The van der Waals surface area contributed by atoms with Gasteiger partial charge in [0.05, 0.1) is 0 Å². The van der Waals surface area contributed by atoms with Crippen LogP contribution < -0.4 is 4.74 Å². The molecule has 104 valence electrons. The highest BCUT2D eigenvalue weighted by molar-refractivity contribution is 6.01. The van der Waals surface area contributed by atoms with Gasteiger partial charge in [-0.3, -0.25) is 4.79 Å². The first-order valence-electron chi connectivity index (χ1n) is 5.72. The van der Waals surface area contributed by atoms with Crippen molar-refractivity contribution in [2.24, 2.45) is 0 Å². The van der Waals surface area contributed by atoms with Gasteiger partial charge in [-0.1, -0.05) is 30.3 Å². The van der Waals surface area contributed by atoms with Crippen LogP contribution in [0, 0.1) is 0 Å². The normalized spacial score (nSPS) is 11.2. The summed E-state index contributed by atoms with van der Waals surface area (Å²) in [6.07, 6.45) is -3.40. The Morgan fingerprint density at radius 2 is 1.80 bits per heavy atom. The summed E-state index contributed by atoms with van der Waals surface area (Å²) in [4.78, 5) is 15.2. The van der Waals surface area contributed by atoms with Crippen molar-refractivity contribution in [3.63, 3.8) is 0 Å². The van der Waals surface area contributed by atoms with E-state index in [-0.39, 0.29) is 18.1 Å². The van der Waals surface area contributed by atoms with Gasteiger partial charge in [-0.05, 0) is 6.07 Å². The van der Waals surface area contributed by atoms with Crippen molar-refractivity contribution in [1.82, 2.24) is 4.98 Å². The molecular formula is C14H10F3NO2. The molecule has 0 aliphatic rings. The second kappa shape index (κ2) is 5.73. The number of benzene rings is 1. The van der Waals surface area contributed by atoms with Crippen LogP contribution in [0.3, 0.4) is 0 Å². The second-order valence-corrected chi connectivity index (χ2v) is 3.94. The summed E-state index contributed by atoms with van der Waals surface area (Å²) in [7, 11) is 0. The number of hydrogen-bond acceptors (Lipinski definition) is 3. The fourth-order valence-corrected chi connectivity index (χ4v) is 1.60. The van der Waals surface area contributed by atoms with E-state index in [1.54, 1.807) is 24.3 Å². The predicted molar refractivity (Wildman–Crippen MR) is 65.4 cm³/mol. The summed E-state index contributed by atoms with van der Waals surface area (Å²) in [5.74, 6) is -1.60. The first-order valence-corrected chi connectivity index (χ1v) is 5.72. The number of pyridine rings is 1. The van der Waals surface area contributed by atoms with Crippen LogP contribution >= 0.6 is 0 Å². The van der Waals surface area contributed by atoms with Gasteiger partial charge < -0.3 is 4.74 Å².